The van der Waals surface area contributed by atoms with Crippen LogP contribution in [-0.2, 0) is 9.53 Å². The number of methoxy groups -OCH3 is 1. The molecule has 2 rings (SSSR count). The van der Waals surface area contributed by atoms with E-state index >= 15 is 0 Å². The minimum absolute atomic E-state index is 0.154. The number of halogens is 1. The van der Waals surface area contributed by atoms with Crippen LogP contribution in [0.5, 0.6) is 17.2 Å². The third kappa shape index (κ3) is 6.66. The summed E-state index contributed by atoms with van der Waals surface area (Å²) in [6.07, 6.45) is 0. The summed E-state index contributed by atoms with van der Waals surface area (Å²) in [5.41, 5.74) is 0.154. The van der Waals surface area contributed by atoms with Crippen molar-refractivity contribution in [2.75, 3.05) is 33.5 Å². The van der Waals surface area contributed by atoms with Crippen LogP contribution in [0, 0.1) is 0 Å². The van der Waals surface area contributed by atoms with Gasteiger partial charge in [-0.2, -0.15) is 0 Å². The molecule has 2 aromatic carbocycles. The van der Waals surface area contributed by atoms with Gasteiger partial charge in [0.1, 0.15) is 29.4 Å². The minimum Gasteiger partial charge on any atom is -0.496 e. The average molecular weight is 408 g/mol. The first-order valence-electron chi connectivity index (χ1n) is 8.66. The average Bonchev–Trinajstić information content (AvgIpc) is 2.70. The number of hydrogen-bond donors (Lipinski definition) is 1. The quantitative estimate of drug-likeness (QED) is 0.481. The monoisotopic (exact) mass is 407 g/mol. The van der Waals surface area contributed by atoms with Crippen molar-refractivity contribution in [3.63, 3.8) is 0 Å². The van der Waals surface area contributed by atoms with Crippen LogP contribution in [0.2, 0.25) is 5.02 Å². The maximum atomic E-state index is 12.1. The molecule has 28 heavy (non-hydrogen) atoms. The van der Waals surface area contributed by atoms with Gasteiger partial charge >= 0.3 is 5.97 Å². The van der Waals surface area contributed by atoms with Gasteiger partial charge in [0, 0.05) is 5.02 Å². The summed E-state index contributed by atoms with van der Waals surface area (Å²) in [6.45, 7) is 2.63. The van der Waals surface area contributed by atoms with Crippen LogP contribution in [0.1, 0.15) is 17.3 Å². The Labute approximate surface area is 168 Å². The number of amides is 1. The maximum absolute atomic E-state index is 12.1. The van der Waals surface area contributed by atoms with E-state index in [4.69, 9.17) is 30.5 Å². The lowest BCUT2D eigenvalue weighted by Crippen LogP contribution is -2.32. The largest absolute Gasteiger partial charge is 0.496 e. The molecule has 0 fully saturated rings. The van der Waals surface area contributed by atoms with Crippen LogP contribution in [0.4, 0.5) is 0 Å². The molecule has 0 atom stereocenters. The van der Waals surface area contributed by atoms with Crippen molar-refractivity contribution in [3.05, 3.63) is 53.1 Å². The summed E-state index contributed by atoms with van der Waals surface area (Å²) >= 11 is 5.88. The van der Waals surface area contributed by atoms with E-state index in [1.165, 1.54) is 13.2 Å². The zero-order chi connectivity index (χ0) is 20.4. The second kappa shape index (κ2) is 11.0. The van der Waals surface area contributed by atoms with Crippen LogP contribution in [-0.4, -0.2) is 45.4 Å². The number of carbonyl (C=O) groups excluding carboxylic acids is 2. The summed E-state index contributed by atoms with van der Waals surface area (Å²) in [7, 11) is 1.43. The molecule has 0 radical (unpaired) electrons. The molecule has 8 heteroatoms. The standard InChI is InChI=1S/C20H22ClNO6/c1-3-26-15-5-7-16(8-6-15)27-11-10-22-19(23)13-28-20(24)17-12-14(21)4-9-18(17)25-2/h4-9,12H,3,10-11,13H2,1-2H3,(H,22,23). The highest BCUT2D eigenvalue weighted by molar-refractivity contribution is 6.31. The van der Waals surface area contributed by atoms with Gasteiger partial charge < -0.3 is 24.3 Å². The summed E-state index contributed by atoms with van der Waals surface area (Å²) in [5.74, 6) is 0.613. The molecule has 0 aromatic heterocycles. The molecule has 7 nitrogen and oxygen atoms in total. The highest BCUT2D eigenvalue weighted by Gasteiger charge is 2.15. The fourth-order valence-corrected chi connectivity index (χ4v) is 2.43. The molecular weight excluding hydrogens is 386 g/mol. The Morgan fingerprint density at radius 2 is 1.71 bits per heavy atom. The third-order valence-corrected chi connectivity index (χ3v) is 3.78. The predicted octanol–water partition coefficient (Wildman–Crippen LogP) is 3.10. The van der Waals surface area contributed by atoms with Gasteiger partial charge in [0.05, 0.1) is 20.3 Å². The molecule has 2 aromatic rings. The Morgan fingerprint density at radius 3 is 2.36 bits per heavy atom. The van der Waals surface area contributed by atoms with Crippen molar-refractivity contribution in [2.24, 2.45) is 0 Å². The van der Waals surface area contributed by atoms with Gasteiger partial charge in [0.25, 0.3) is 5.91 Å². The van der Waals surface area contributed by atoms with E-state index in [1.54, 1.807) is 36.4 Å². The van der Waals surface area contributed by atoms with Gasteiger partial charge in [0.15, 0.2) is 6.61 Å². The lowest BCUT2D eigenvalue weighted by Gasteiger charge is -2.10. The molecule has 0 saturated carbocycles. The van der Waals surface area contributed by atoms with E-state index in [0.717, 1.165) is 5.75 Å². The fraction of sp³-hybridized carbons (Fsp3) is 0.300. The number of esters is 1. The van der Waals surface area contributed by atoms with Crippen LogP contribution < -0.4 is 19.5 Å². The van der Waals surface area contributed by atoms with Crippen molar-refractivity contribution in [3.8, 4) is 17.2 Å². The lowest BCUT2D eigenvalue weighted by molar-refractivity contribution is -0.124. The first-order chi connectivity index (χ1) is 13.5. The molecule has 1 N–H and O–H groups in total. The van der Waals surface area contributed by atoms with E-state index in [9.17, 15) is 9.59 Å². The number of rotatable bonds is 10. The smallest absolute Gasteiger partial charge is 0.342 e. The SMILES string of the molecule is CCOc1ccc(OCCNC(=O)COC(=O)c2cc(Cl)ccc2OC)cc1. The Balaban J connectivity index is 1.70. The van der Waals surface area contributed by atoms with Gasteiger partial charge in [0.2, 0.25) is 0 Å². The van der Waals surface area contributed by atoms with E-state index < -0.39 is 18.5 Å². The number of ether oxygens (including phenoxy) is 4. The summed E-state index contributed by atoms with van der Waals surface area (Å²) in [4.78, 5) is 23.9. The molecule has 0 bridgehead atoms. The van der Waals surface area contributed by atoms with Crippen LogP contribution in [0.3, 0.4) is 0 Å². The van der Waals surface area contributed by atoms with Crippen LogP contribution >= 0.6 is 11.6 Å². The maximum Gasteiger partial charge on any atom is 0.342 e. The van der Waals surface area contributed by atoms with E-state index in [0.29, 0.717) is 23.1 Å². The molecule has 150 valence electrons. The van der Waals surface area contributed by atoms with Crippen molar-refractivity contribution in [1.82, 2.24) is 5.32 Å². The molecule has 1 amide bonds. The van der Waals surface area contributed by atoms with E-state index in [2.05, 4.69) is 5.32 Å². The number of hydrogen-bond acceptors (Lipinski definition) is 6. The first kappa shape index (κ1) is 21.4. The van der Waals surface area contributed by atoms with E-state index in [-0.39, 0.29) is 18.7 Å². The van der Waals surface area contributed by atoms with Gasteiger partial charge in [-0.3, -0.25) is 4.79 Å². The third-order valence-electron chi connectivity index (χ3n) is 3.54. The summed E-state index contributed by atoms with van der Waals surface area (Å²) in [6, 6.07) is 11.7. The molecule has 0 aliphatic carbocycles. The Kier molecular flexibility index (Phi) is 8.42. The van der Waals surface area contributed by atoms with Crippen LogP contribution in [0.15, 0.2) is 42.5 Å². The first-order valence-corrected chi connectivity index (χ1v) is 9.04. The number of nitrogens with one attached hydrogen (secondary N) is 1. The zero-order valence-corrected chi connectivity index (χ0v) is 16.5. The second-order valence-corrected chi connectivity index (χ2v) is 5.96. The Hall–Kier alpha value is -2.93. The molecule has 0 aliphatic rings. The van der Waals surface area contributed by atoms with E-state index in [1.807, 2.05) is 6.92 Å². The molecule has 0 saturated heterocycles. The summed E-state index contributed by atoms with van der Waals surface area (Å²) < 4.78 is 20.9. The predicted molar refractivity (Wildman–Crippen MR) is 104 cm³/mol. The number of carbonyl (C=O) groups is 2. The Morgan fingerprint density at radius 1 is 1.04 bits per heavy atom. The van der Waals surface area contributed by atoms with Gasteiger partial charge in [-0.25, -0.2) is 4.79 Å². The molecular formula is C20H22ClNO6. The van der Waals surface area contributed by atoms with Gasteiger partial charge in [-0.15, -0.1) is 0 Å². The van der Waals surface area contributed by atoms with Gasteiger partial charge in [-0.05, 0) is 49.4 Å². The molecule has 0 heterocycles. The molecule has 0 unspecified atom stereocenters. The molecule has 0 aliphatic heterocycles. The van der Waals surface area contributed by atoms with Crippen molar-refractivity contribution in [1.29, 1.82) is 0 Å². The zero-order valence-electron chi connectivity index (χ0n) is 15.7. The van der Waals surface area contributed by atoms with Gasteiger partial charge in [-0.1, -0.05) is 11.6 Å². The molecule has 0 spiro atoms. The van der Waals surface area contributed by atoms with Crippen LogP contribution in [0.25, 0.3) is 0 Å². The number of benzene rings is 2. The highest BCUT2D eigenvalue weighted by Crippen LogP contribution is 2.23. The lowest BCUT2D eigenvalue weighted by atomic mass is 10.2. The highest BCUT2D eigenvalue weighted by atomic mass is 35.5. The second-order valence-electron chi connectivity index (χ2n) is 5.52. The Bertz CT molecular complexity index is 794. The summed E-state index contributed by atoms with van der Waals surface area (Å²) in [5, 5.41) is 2.97. The normalized spacial score (nSPS) is 10.1. The van der Waals surface area contributed by atoms with Crippen molar-refractivity contribution < 1.29 is 28.5 Å². The fourth-order valence-electron chi connectivity index (χ4n) is 2.26. The topological polar surface area (TPSA) is 83.1 Å². The van der Waals surface area contributed by atoms with Crippen molar-refractivity contribution >= 4 is 23.5 Å². The minimum atomic E-state index is -0.694. The van der Waals surface area contributed by atoms with Crippen molar-refractivity contribution in [2.45, 2.75) is 6.92 Å².